The van der Waals surface area contributed by atoms with Gasteiger partial charge < -0.3 is 19.5 Å². The monoisotopic (exact) mass is 439 g/mol. The summed E-state index contributed by atoms with van der Waals surface area (Å²) in [4.78, 5) is 50.2. The zero-order valence-electron chi connectivity index (χ0n) is 18.9. The van der Waals surface area contributed by atoms with Crippen molar-refractivity contribution >= 4 is 18.3 Å². The van der Waals surface area contributed by atoms with Gasteiger partial charge in [0.1, 0.15) is 11.2 Å². The van der Waals surface area contributed by atoms with Crippen LogP contribution in [0.25, 0.3) is 0 Å². The minimum atomic E-state index is -0.541. The number of hydrogen-bond acceptors (Lipinski definition) is 5. The van der Waals surface area contributed by atoms with Gasteiger partial charge in [-0.2, -0.15) is 0 Å². The Morgan fingerprint density at radius 2 is 1.81 bits per heavy atom. The molecule has 0 saturated heterocycles. The minimum Gasteiger partial charge on any atom is -0.444 e. The maximum absolute atomic E-state index is 12.7. The van der Waals surface area contributed by atoms with Crippen LogP contribution in [0.3, 0.4) is 0 Å². The van der Waals surface area contributed by atoms with Crippen LogP contribution in [0.5, 0.6) is 0 Å². The van der Waals surface area contributed by atoms with Gasteiger partial charge in [-0.25, -0.2) is 4.79 Å². The maximum Gasteiger partial charge on any atom is 0.410 e. The number of nitrogens with zero attached hydrogens (tertiary/aromatic N) is 2. The third-order valence-corrected chi connectivity index (χ3v) is 5.29. The molecule has 0 bridgehead atoms. The van der Waals surface area contributed by atoms with Gasteiger partial charge in [0.05, 0.1) is 6.54 Å². The first kappa shape index (κ1) is 23.2. The van der Waals surface area contributed by atoms with Crippen LogP contribution >= 0.6 is 0 Å². The Hall–Kier alpha value is -3.42. The van der Waals surface area contributed by atoms with E-state index in [0.717, 1.165) is 23.1 Å². The molecular weight excluding hydrogens is 410 g/mol. The average molecular weight is 440 g/mol. The zero-order chi connectivity index (χ0) is 23.5. The summed E-state index contributed by atoms with van der Waals surface area (Å²) in [6, 6.07) is 7.26. The quantitative estimate of drug-likeness (QED) is 0.738. The van der Waals surface area contributed by atoms with E-state index in [1.54, 1.807) is 4.90 Å². The number of carbonyl (C=O) groups excluding carboxylic acids is 3. The van der Waals surface area contributed by atoms with Gasteiger partial charge in [-0.15, -0.1) is 0 Å². The molecule has 0 fully saturated rings. The number of carbonyl (C=O) groups is 3. The number of pyridine rings is 1. The summed E-state index contributed by atoms with van der Waals surface area (Å²) in [5.41, 5.74) is 2.33. The smallest absolute Gasteiger partial charge is 0.410 e. The molecule has 2 aromatic rings. The fourth-order valence-corrected chi connectivity index (χ4v) is 3.72. The highest BCUT2D eigenvalue weighted by Gasteiger charge is 2.24. The third kappa shape index (κ3) is 5.43. The van der Waals surface area contributed by atoms with Crippen molar-refractivity contribution in [1.29, 1.82) is 0 Å². The Labute approximate surface area is 187 Å². The number of fused-ring (bicyclic) bond motifs is 1. The molecule has 8 nitrogen and oxygen atoms in total. The Morgan fingerprint density at radius 1 is 1.12 bits per heavy atom. The minimum absolute atomic E-state index is 0.0696. The van der Waals surface area contributed by atoms with Crippen molar-refractivity contribution in [2.45, 2.75) is 45.8 Å². The van der Waals surface area contributed by atoms with Crippen LogP contribution in [0.4, 0.5) is 4.79 Å². The zero-order valence-corrected chi connectivity index (χ0v) is 18.9. The molecule has 0 aliphatic carbocycles. The first-order valence-corrected chi connectivity index (χ1v) is 10.6. The molecule has 2 amide bonds. The van der Waals surface area contributed by atoms with Crippen LogP contribution in [0.15, 0.2) is 35.3 Å². The first-order valence-electron chi connectivity index (χ1n) is 10.6. The highest BCUT2D eigenvalue weighted by atomic mass is 16.6. The molecule has 8 heteroatoms. The van der Waals surface area contributed by atoms with Gasteiger partial charge in [-0.3, -0.25) is 14.4 Å². The van der Waals surface area contributed by atoms with Gasteiger partial charge in [-0.1, -0.05) is 18.2 Å². The molecule has 1 N–H and O–H groups in total. The molecule has 0 saturated carbocycles. The Balaban J connectivity index is 1.82. The lowest BCUT2D eigenvalue weighted by Gasteiger charge is -2.26. The van der Waals surface area contributed by atoms with E-state index in [1.807, 2.05) is 39.0 Å². The van der Waals surface area contributed by atoms with Crippen molar-refractivity contribution in [3.8, 4) is 0 Å². The highest BCUT2D eigenvalue weighted by Crippen LogP contribution is 2.20. The molecule has 0 radical (unpaired) electrons. The van der Waals surface area contributed by atoms with Crippen LogP contribution in [0.1, 0.15) is 58.2 Å². The predicted molar refractivity (Wildman–Crippen MR) is 120 cm³/mol. The molecule has 0 spiro atoms. The summed E-state index contributed by atoms with van der Waals surface area (Å²) in [7, 11) is 1.44. The number of rotatable bonds is 4. The van der Waals surface area contributed by atoms with Crippen molar-refractivity contribution in [2.75, 3.05) is 20.1 Å². The van der Waals surface area contributed by atoms with Crippen molar-refractivity contribution < 1.29 is 19.1 Å². The van der Waals surface area contributed by atoms with Crippen LogP contribution in [0.2, 0.25) is 0 Å². The molecule has 0 unspecified atom stereocenters. The molecule has 170 valence electrons. The number of nitrogens with one attached hydrogen (secondary N) is 1. The van der Waals surface area contributed by atoms with Gasteiger partial charge in [0.25, 0.3) is 11.5 Å². The lowest BCUT2D eigenvalue weighted by atomic mass is 10.00. The van der Waals surface area contributed by atoms with E-state index in [9.17, 15) is 19.2 Å². The van der Waals surface area contributed by atoms with E-state index in [4.69, 9.17) is 4.74 Å². The number of benzene rings is 1. The lowest BCUT2D eigenvalue weighted by Crippen LogP contribution is -2.38. The topological polar surface area (TPSA) is 97.7 Å². The van der Waals surface area contributed by atoms with E-state index in [1.165, 1.54) is 23.9 Å². The van der Waals surface area contributed by atoms with Gasteiger partial charge in [0, 0.05) is 31.9 Å². The summed E-state index contributed by atoms with van der Waals surface area (Å²) in [5, 5.41) is 2.43. The van der Waals surface area contributed by atoms with Crippen molar-refractivity contribution in [3.05, 3.63) is 68.6 Å². The standard InChI is InChI=1S/C24H29N3O5/c1-24(2,3)32-23(31)26-9-7-18-6-5-16(11-19(18)8-10-26)13-27-14-17(15-28)12-20(22(27)30)21(29)25-4/h5-6,11-12,14-15H,7-10,13H2,1-4H3,(H,25,29). The molecule has 1 aliphatic rings. The second kappa shape index (κ2) is 9.38. The second-order valence-corrected chi connectivity index (χ2v) is 8.89. The van der Waals surface area contributed by atoms with Crippen LogP contribution in [0, 0.1) is 0 Å². The summed E-state index contributed by atoms with van der Waals surface area (Å²) in [6.07, 6.45) is 3.15. The molecule has 1 aromatic carbocycles. The fraction of sp³-hybridized carbons (Fsp3) is 0.417. The van der Waals surface area contributed by atoms with Crippen LogP contribution < -0.4 is 10.9 Å². The Bertz CT molecular complexity index is 1100. The third-order valence-electron chi connectivity index (χ3n) is 5.29. The van der Waals surface area contributed by atoms with E-state index in [0.29, 0.717) is 25.8 Å². The number of aldehydes is 1. The van der Waals surface area contributed by atoms with Gasteiger partial charge in [-0.05, 0) is 56.4 Å². The van der Waals surface area contributed by atoms with E-state index in [-0.39, 0.29) is 23.8 Å². The molecule has 0 atom stereocenters. The highest BCUT2D eigenvalue weighted by molar-refractivity contribution is 5.95. The molecular formula is C24H29N3O5. The maximum atomic E-state index is 12.7. The Morgan fingerprint density at radius 3 is 2.44 bits per heavy atom. The second-order valence-electron chi connectivity index (χ2n) is 8.89. The molecule has 1 aliphatic heterocycles. The van der Waals surface area contributed by atoms with Crippen LogP contribution in [-0.4, -0.2) is 53.5 Å². The van der Waals surface area contributed by atoms with Gasteiger partial charge in [0.2, 0.25) is 0 Å². The summed E-state index contributed by atoms with van der Waals surface area (Å²) in [5.74, 6) is -0.531. The van der Waals surface area contributed by atoms with Crippen molar-refractivity contribution in [1.82, 2.24) is 14.8 Å². The fourth-order valence-electron chi connectivity index (χ4n) is 3.72. The molecule has 32 heavy (non-hydrogen) atoms. The van der Waals surface area contributed by atoms with Crippen LogP contribution in [-0.2, 0) is 24.1 Å². The summed E-state index contributed by atoms with van der Waals surface area (Å²) in [6.45, 7) is 6.90. The SMILES string of the molecule is CNC(=O)c1cc(C=O)cn(Cc2ccc3c(c2)CCN(C(=O)OC(C)(C)C)CC3)c1=O. The predicted octanol–water partition coefficient (Wildman–Crippen LogP) is 2.40. The average Bonchev–Trinajstić information content (AvgIpc) is 2.95. The van der Waals surface area contributed by atoms with Crippen molar-refractivity contribution in [3.63, 3.8) is 0 Å². The number of amides is 2. The number of ether oxygens (including phenoxy) is 1. The molecule has 1 aromatic heterocycles. The lowest BCUT2D eigenvalue weighted by molar-refractivity contribution is 0.0258. The van der Waals surface area contributed by atoms with Gasteiger partial charge >= 0.3 is 6.09 Å². The molecule has 2 heterocycles. The normalized spacial score (nSPS) is 13.7. The van der Waals surface area contributed by atoms with E-state index < -0.39 is 17.1 Å². The largest absolute Gasteiger partial charge is 0.444 e. The van der Waals surface area contributed by atoms with E-state index >= 15 is 0 Å². The summed E-state index contributed by atoms with van der Waals surface area (Å²) < 4.78 is 6.87. The molecule has 3 rings (SSSR count). The van der Waals surface area contributed by atoms with E-state index in [2.05, 4.69) is 5.32 Å². The first-order chi connectivity index (χ1) is 15.1. The van der Waals surface area contributed by atoms with Crippen molar-refractivity contribution in [2.24, 2.45) is 0 Å². The number of aromatic nitrogens is 1. The Kier molecular flexibility index (Phi) is 6.81. The summed E-state index contributed by atoms with van der Waals surface area (Å²) >= 11 is 0. The number of hydrogen-bond donors (Lipinski definition) is 1. The van der Waals surface area contributed by atoms with Gasteiger partial charge in [0.15, 0.2) is 6.29 Å².